The molecule has 1 rings (SSSR count). The molecule has 0 spiro atoms. The summed E-state index contributed by atoms with van der Waals surface area (Å²) in [5.74, 6) is -5.46. The van der Waals surface area contributed by atoms with Crippen LogP contribution in [-0.4, -0.2) is 27.9 Å². The zero-order chi connectivity index (χ0) is 12.5. The van der Waals surface area contributed by atoms with Crippen molar-refractivity contribution in [3.8, 4) is 0 Å². The number of carbonyl (C=O) groups is 3. The van der Waals surface area contributed by atoms with Gasteiger partial charge in [-0.1, -0.05) is 0 Å². The van der Waals surface area contributed by atoms with Gasteiger partial charge in [0.2, 0.25) is 0 Å². The highest BCUT2D eigenvalue weighted by Crippen LogP contribution is 2.16. The Balaban J connectivity index is 3.40. The van der Waals surface area contributed by atoms with Crippen LogP contribution in [0.4, 0.5) is 4.39 Å². The van der Waals surface area contributed by atoms with E-state index in [1.807, 2.05) is 0 Å². The number of benzene rings is 1. The molecule has 0 aliphatic rings. The molecule has 0 aromatic heterocycles. The molecule has 0 saturated heterocycles. The molecule has 16 heavy (non-hydrogen) atoms. The van der Waals surface area contributed by atoms with Crippen molar-refractivity contribution in [2.45, 2.75) is 6.92 Å². The monoisotopic (exact) mass is 226 g/mol. The van der Waals surface area contributed by atoms with Crippen LogP contribution in [0, 0.1) is 12.7 Å². The highest BCUT2D eigenvalue weighted by molar-refractivity contribution is 6.40. The first-order valence-corrected chi connectivity index (χ1v) is 4.15. The molecule has 0 saturated carbocycles. The Bertz CT molecular complexity index is 492. The summed E-state index contributed by atoms with van der Waals surface area (Å²) in [6.45, 7) is 1.23. The number of rotatable bonds is 3. The molecule has 0 atom stereocenters. The Labute approximate surface area is 89.1 Å². The minimum absolute atomic E-state index is 0.144. The standard InChI is InChI=1S/C10H7FO5/c1-4-6(9(13)14)2-5(3-7(4)11)8(12)10(15)16/h2-3H,1H3,(H,13,14)(H,15,16). The number of aromatic carboxylic acids is 1. The van der Waals surface area contributed by atoms with Gasteiger partial charge in [-0.15, -0.1) is 0 Å². The van der Waals surface area contributed by atoms with Crippen molar-refractivity contribution < 1.29 is 29.0 Å². The van der Waals surface area contributed by atoms with E-state index in [9.17, 15) is 18.8 Å². The smallest absolute Gasteiger partial charge is 0.377 e. The van der Waals surface area contributed by atoms with E-state index in [1.54, 1.807) is 0 Å². The molecule has 0 fully saturated rings. The Hall–Kier alpha value is -2.24. The predicted octanol–water partition coefficient (Wildman–Crippen LogP) is 1.10. The molecule has 0 aliphatic heterocycles. The summed E-state index contributed by atoms with van der Waals surface area (Å²) in [6.07, 6.45) is 0. The van der Waals surface area contributed by atoms with E-state index >= 15 is 0 Å². The minimum atomic E-state index is -1.76. The van der Waals surface area contributed by atoms with Crippen LogP contribution in [0.1, 0.15) is 26.3 Å². The van der Waals surface area contributed by atoms with Gasteiger partial charge in [-0.2, -0.15) is 0 Å². The van der Waals surface area contributed by atoms with E-state index in [2.05, 4.69) is 0 Å². The molecule has 2 N–H and O–H groups in total. The third kappa shape index (κ3) is 2.05. The maximum absolute atomic E-state index is 13.2. The van der Waals surface area contributed by atoms with Gasteiger partial charge >= 0.3 is 11.9 Å². The number of halogens is 1. The maximum atomic E-state index is 13.2. The van der Waals surface area contributed by atoms with Crippen molar-refractivity contribution in [3.63, 3.8) is 0 Å². The molecular weight excluding hydrogens is 219 g/mol. The molecule has 5 nitrogen and oxygen atoms in total. The highest BCUT2D eigenvalue weighted by atomic mass is 19.1. The number of carboxylic acids is 2. The van der Waals surface area contributed by atoms with Gasteiger partial charge < -0.3 is 10.2 Å². The summed E-state index contributed by atoms with van der Waals surface area (Å²) < 4.78 is 13.2. The minimum Gasteiger partial charge on any atom is -0.478 e. The Morgan fingerprint density at radius 2 is 1.75 bits per heavy atom. The van der Waals surface area contributed by atoms with Crippen LogP contribution in [0.2, 0.25) is 0 Å². The zero-order valence-corrected chi connectivity index (χ0v) is 8.15. The van der Waals surface area contributed by atoms with Crippen LogP contribution in [0.25, 0.3) is 0 Å². The van der Waals surface area contributed by atoms with Crippen molar-refractivity contribution in [1.29, 1.82) is 0 Å². The number of aliphatic carboxylic acids is 1. The van der Waals surface area contributed by atoms with Crippen molar-refractivity contribution in [2.75, 3.05) is 0 Å². The molecule has 0 radical (unpaired) electrons. The largest absolute Gasteiger partial charge is 0.478 e. The molecule has 84 valence electrons. The van der Waals surface area contributed by atoms with Gasteiger partial charge in [-0.3, -0.25) is 4.79 Å². The molecule has 0 aliphatic carbocycles. The van der Waals surface area contributed by atoms with E-state index < -0.39 is 34.7 Å². The molecule has 0 amide bonds. The maximum Gasteiger partial charge on any atom is 0.377 e. The number of hydrogen-bond donors (Lipinski definition) is 2. The Morgan fingerprint density at radius 1 is 1.19 bits per heavy atom. The second-order valence-corrected chi connectivity index (χ2v) is 3.07. The first kappa shape index (κ1) is 11.8. The molecule has 1 aromatic rings. The van der Waals surface area contributed by atoms with Crippen molar-refractivity contribution in [1.82, 2.24) is 0 Å². The first-order chi connectivity index (χ1) is 7.34. The van der Waals surface area contributed by atoms with E-state index in [0.717, 1.165) is 6.07 Å². The topological polar surface area (TPSA) is 91.7 Å². The molecule has 1 aromatic carbocycles. The lowest BCUT2D eigenvalue weighted by atomic mass is 10.0. The van der Waals surface area contributed by atoms with Gasteiger partial charge in [0.25, 0.3) is 5.78 Å². The summed E-state index contributed by atoms with van der Waals surface area (Å²) in [4.78, 5) is 32.1. The van der Waals surface area contributed by atoms with Gasteiger partial charge in [0, 0.05) is 5.56 Å². The van der Waals surface area contributed by atoms with Crippen LogP contribution in [0.5, 0.6) is 0 Å². The summed E-state index contributed by atoms with van der Waals surface area (Å²) in [5.41, 5.74) is -1.06. The van der Waals surface area contributed by atoms with Crippen molar-refractivity contribution in [2.24, 2.45) is 0 Å². The quantitative estimate of drug-likeness (QED) is 0.594. The fourth-order valence-electron chi connectivity index (χ4n) is 1.16. The highest BCUT2D eigenvalue weighted by Gasteiger charge is 2.20. The molecule has 0 heterocycles. The number of Topliss-reactive ketones (excluding diaryl/α,β-unsaturated/α-hetero) is 1. The second kappa shape index (κ2) is 4.09. The summed E-state index contributed by atoms with van der Waals surface area (Å²) >= 11 is 0. The lowest BCUT2D eigenvalue weighted by Gasteiger charge is -2.04. The van der Waals surface area contributed by atoms with Gasteiger partial charge in [-0.25, -0.2) is 14.0 Å². The van der Waals surface area contributed by atoms with E-state index in [4.69, 9.17) is 10.2 Å². The molecule has 0 bridgehead atoms. The third-order valence-corrected chi connectivity index (χ3v) is 2.03. The fraction of sp³-hybridized carbons (Fsp3) is 0.100. The number of carbonyl (C=O) groups excluding carboxylic acids is 1. The number of ketones is 1. The van der Waals surface area contributed by atoms with Gasteiger partial charge in [0.15, 0.2) is 0 Å². The van der Waals surface area contributed by atoms with Crippen molar-refractivity contribution >= 4 is 17.7 Å². The van der Waals surface area contributed by atoms with E-state index in [1.165, 1.54) is 6.92 Å². The van der Waals surface area contributed by atoms with Gasteiger partial charge in [-0.05, 0) is 24.6 Å². The third-order valence-electron chi connectivity index (χ3n) is 2.03. The second-order valence-electron chi connectivity index (χ2n) is 3.07. The van der Waals surface area contributed by atoms with Crippen LogP contribution in [0.15, 0.2) is 12.1 Å². The molecule has 6 heteroatoms. The summed E-state index contributed by atoms with van der Waals surface area (Å²) in [5, 5.41) is 17.1. The molecular formula is C10H7FO5. The van der Waals surface area contributed by atoms with Crippen LogP contribution >= 0.6 is 0 Å². The van der Waals surface area contributed by atoms with E-state index in [0.29, 0.717) is 6.07 Å². The van der Waals surface area contributed by atoms with Crippen LogP contribution in [0.3, 0.4) is 0 Å². The van der Waals surface area contributed by atoms with Crippen LogP contribution in [-0.2, 0) is 4.79 Å². The summed E-state index contributed by atoms with van der Waals surface area (Å²) in [6, 6.07) is 1.55. The first-order valence-electron chi connectivity index (χ1n) is 4.15. The molecule has 0 unspecified atom stereocenters. The normalized spacial score (nSPS) is 9.88. The average molecular weight is 226 g/mol. The van der Waals surface area contributed by atoms with Gasteiger partial charge in [0.05, 0.1) is 5.56 Å². The van der Waals surface area contributed by atoms with E-state index in [-0.39, 0.29) is 5.56 Å². The zero-order valence-electron chi connectivity index (χ0n) is 8.15. The number of carboxylic acid groups (broad SMARTS) is 2. The predicted molar refractivity (Wildman–Crippen MR) is 50.1 cm³/mol. The summed E-state index contributed by atoms with van der Waals surface area (Å²) in [7, 11) is 0. The lowest BCUT2D eigenvalue weighted by molar-refractivity contribution is -0.131. The fourth-order valence-corrected chi connectivity index (χ4v) is 1.16. The van der Waals surface area contributed by atoms with Crippen LogP contribution < -0.4 is 0 Å². The lowest BCUT2D eigenvalue weighted by Crippen LogP contribution is -2.15. The Morgan fingerprint density at radius 3 is 2.19 bits per heavy atom. The number of hydrogen-bond acceptors (Lipinski definition) is 3. The van der Waals surface area contributed by atoms with Gasteiger partial charge in [0.1, 0.15) is 5.82 Å². The SMILES string of the molecule is Cc1c(F)cc(C(=O)C(=O)O)cc1C(=O)O. The van der Waals surface area contributed by atoms with Crippen molar-refractivity contribution in [3.05, 3.63) is 34.6 Å². The average Bonchev–Trinajstić information content (AvgIpc) is 2.20. The Kier molecular flexibility index (Phi) is 3.03.